The molecule has 0 spiro atoms. The Balaban J connectivity index is 3.67. The van der Waals surface area contributed by atoms with Crippen LogP contribution in [0, 0.1) is 0 Å². The fourth-order valence-corrected chi connectivity index (χ4v) is 3.32. The van der Waals surface area contributed by atoms with Gasteiger partial charge in [-0.2, -0.15) is 0 Å². The zero-order valence-electron chi connectivity index (χ0n) is 7.64. The van der Waals surface area contributed by atoms with Crippen LogP contribution in [0.3, 0.4) is 0 Å². The lowest BCUT2D eigenvalue weighted by molar-refractivity contribution is 0.741. The predicted molar refractivity (Wildman–Crippen MR) is 55.4 cm³/mol. The molecule has 1 N–H and O–H groups in total. The molecule has 0 radical (unpaired) electrons. The normalized spacial score (nSPS) is 10.5. The summed E-state index contributed by atoms with van der Waals surface area (Å²) in [5.41, 5.74) is 0. The van der Waals surface area contributed by atoms with Crippen molar-refractivity contribution in [2.24, 2.45) is 0 Å². The van der Waals surface area contributed by atoms with Crippen LogP contribution < -0.4 is 4.98 Å². The Kier molecular flexibility index (Phi) is 6.17. The van der Waals surface area contributed by atoms with Crippen molar-refractivity contribution in [3.05, 3.63) is 25.3 Å². The van der Waals surface area contributed by atoms with Gasteiger partial charge in [-0.05, 0) is 18.1 Å². The molecule has 2 heteroatoms. The Labute approximate surface area is 71.9 Å². The summed E-state index contributed by atoms with van der Waals surface area (Å²) in [5.74, 6) is 0. The van der Waals surface area contributed by atoms with E-state index in [-0.39, 0.29) is 0 Å². The van der Waals surface area contributed by atoms with E-state index in [0.717, 1.165) is 12.1 Å². The number of allylic oxidation sites excluding steroid dienone is 2. The van der Waals surface area contributed by atoms with Gasteiger partial charge in [-0.15, -0.1) is 13.2 Å². The molecular weight excluding hydrogens is 150 g/mol. The molecule has 64 valence electrons. The van der Waals surface area contributed by atoms with Crippen molar-refractivity contribution in [1.29, 1.82) is 0 Å². The molecule has 0 aromatic carbocycles. The minimum Gasteiger partial charge on any atom is -0.337 e. The Morgan fingerprint density at radius 1 is 1.27 bits per heavy atom. The second-order valence-electron chi connectivity index (χ2n) is 3.07. The second kappa shape index (κ2) is 6.37. The number of rotatable bonds is 6. The maximum atomic E-state index is 3.75. The van der Waals surface area contributed by atoms with Crippen molar-refractivity contribution < 1.29 is 0 Å². The summed E-state index contributed by atoms with van der Waals surface area (Å²) in [5, 5.41) is 0. The van der Waals surface area contributed by atoms with Crippen LogP contribution >= 0.6 is 0 Å². The zero-order chi connectivity index (χ0) is 8.69. The van der Waals surface area contributed by atoms with Gasteiger partial charge in [-0.3, -0.25) is 0 Å². The van der Waals surface area contributed by atoms with Crippen LogP contribution in [0.15, 0.2) is 25.3 Å². The van der Waals surface area contributed by atoms with E-state index in [1.165, 1.54) is 0 Å². The van der Waals surface area contributed by atoms with Crippen LogP contribution in [-0.4, -0.2) is 15.0 Å². The van der Waals surface area contributed by atoms with Crippen LogP contribution in [0.2, 0.25) is 12.1 Å². The molecule has 0 aliphatic heterocycles. The Hall–Kier alpha value is -0.343. The van der Waals surface area contributed by atoms with Crippen molar-refractivity contribution >= 4 is 8.96 Å². The van der Waals surface area contributed by atoms with E-state index in [4.69, 9.17) is 0 Å². The van der Waals surface area contributed by atoms with Gasteiger partial charge in [0.25, 0.3) is 0 Å². The summed E-state index contributed by atoms with van der Waals surface area (Å²) in [6.07, 6.45) is 4.02. The third-order valence-corrected chi connectivity index (χ3v) is 4.41. The number of hydrogen-bond acceptors (Lipinski definition) is 1. The molecule has 0 rings (SSSR count). The average molecular weight is 169 g/mol. The average Bonchev–Trinajstić information content (AvgIpc) is 1.87. The standard InChI is InChI=1S/C9H19NSi/c1-5-7-11(8-6-2)10-9(3)4/h5-6,9-11H,1-2,7-8H2,3-4H3. The molecule has 11 heavy (non-hydrogen) atoms. The quantitative estimate of drug-likeness (QED) is 0.474. The van der Waals surface area contributed by atoms with E-state index < -0.39 is 8.96 Å². The molecular formula is C9H19NSi. The molecule has 1 nitrogen and oxygen atoms in total. The Morgan fingerprint density at radius 2 is 1.73 bits per heavy atom. The number of nitrogens with one attached hydrogen (secondary N) is 1. The molecule has 0 saturated heterocycles. The van der Waals surface area contributed by atoms with Crippen LogP contribution in [0.1, 0.15) is 13.8 Å². The third-order valence-electron chi connectivity index (χ3n) is 1.47. The highest BCUT2D eigenvalue weighted by Crippen LogP contribution is 1.98. The first-order valence-corrected chi connectivity index (χ1v) is 6.39. The van der Waals surface area contributed by atoms with E-state index in [1.807, 2.05) is 12.2 Å². The smallest absolute Gasteiger partial charge is 0.116 e. The van der Waals surface area contributed by atoms with Gasteiger partial charge in [0.15, 0.2) is 0 Å². The molecule has 0 atom stereocenters. The predicted octanol–water partition coefficient (Wildman–Crippen LogP) is 2.08. The summed E-state index contributed by atoms with van der Waals surface area (Å²) < 4.78 is 0. The van der Waals surface area contributed by atoms with E-state index in [1.54, 1.807) is 0 Å². The first-order chi connectivity index (χ1) is 5.20. The molecule has 0 saturated carbocycles. The fraction of sp³-hybridized carbons (Fsp3) is 0.556. The van der Waals surface area contributed by atoms with Crippen LogP contribution in [0.5, 0.6) is 0 Å². The van der Waals surface area contributed by atoms with Gasteiger partial charge in [0, 0.05) is 0 Å². The van der Waals surface area contributed by atoms with Gasteiger partial charge >= 0.3 is 0 Å². The molecule has 0 aliphatic carbocycles. The molecule has 0 amide bonds. The highest BCUT2D eigenvalue weighted by atomic mass is 28.3. The van der Waals surface area contributed by atoms with Crippen LogP contribution in [0.4, 0.5) is 0 Å². The Bertz CT molecular complexity index is 111. The van der Waals surface area contributed by atoms with Gasteiger partial charge in [-0.25, -0.2) is 0 Å². The lowest BCUT2D eigenvalue weighted by Crippen LogP contribution is -2.37. The highest BCUT2D eigenvalue weighted by molar-refractivity contribution is 6.57. The van der Waals surface area contributed by atoms with Crippen LogP contribution in [0.25, 0.3) is 0 Å². The molecule has 0 bridgehead atoms. The van der Waals surface area contributed by atoms with E-state index >= 15 is 0 Å². The summed E-state index contributed by atoms with van der Waals surface area (Å²) in [6.45, 7) is 11.9. The summed E-state index contributed by atoms with van der Waals surface area (Å²) >= 11 is 0. The maximum absolute atomic E-state index is 3.75. The first kappa shape index (κ1) is 10.7. The summed E-state index contributed by atoms with van der Waals surface area (Å²) in [6, 6.07) is 2.92. The number of hydrogen-bond donors (Lipinski definition) is 1. The van der Waals surface area contributed by atoms with Gasteiger partial charge in [0.05, 0.1) is 0 Å². The van der Waals surface area contributed by atoms with Gasteiger partial charge in [0.2, 0.25) is 0 Å². The minimum atomic E-state index is -0.778. The highest BCUT2D eigenvalue weighted by Gasteiger charge is 2.06. The van der Waals surface area contributed by atoms with E-state index in [9.17, 15) is 0 Å². The summed E-state index contributed by atoms with van der Waals surface area (Å²) in [4.78, 5) is 3.58. The molecule has 0 fully saturated rings. The maximum Gasteiger partial charge on any atom is 0.116 e. The van der Waals surface area contributed by atoms with E-state index in [0.29, 0.717) is 6.04 Å². The molecule has 0 aromatic rings. The fourth-order valence-electron chi connectivity index (χ4n) is 1.11. The van der Waals surface area contributed by atoms with Gasteiger partial charge < -0.3 is 4.98 Å². The molecule has 0 heterocycles. The molecule has 0 unspecified atom stereocenters. The second-order valence-corrected chi connectivity index (χ2v) is 5.74. The first-order valence-electron chi connectivity index (χ1n) is 4.18. The van der Waals surface area contributed by atoms with Crippen molar-refractivity contribution in [2.45, 2.75) is 32.0 Å². The largest absolute Gasteiger partial charge is 0.337 e. The van der Waals surface area contributed by atoms with E-state index in [2.05, 4.69) is 32.0 Å². The molecule has 0 aliphatic rings. The molecule has 0 aromatic heterocycles. The van der Waals surface area contributed by atoms with Crippen molar-refractivity contribution in [3.63, 3.8) is 0 Å². The SMILES string of the molecule is C=CC[SiH](CC=C)NC(C)C. The van der Waals surface area contributed by atoms with Gasteiger partial charge in [0.1, 0.15) is 8.96 Å². The zero-order valence-corrected chi connectivity index (χ0v) is 8.79. The van der Waals surface area contributed by atoms with Crippen molar-refractivity contribution in [2.75, 3.05) is 0 Å². The van der Waals surface area contributed by atoms with Gasteiger partial charge in [-0.1, -0.05) is 26.0 Å². The third kappa shape index (κ3) is 6.07. The lowest BCUT2D eigenvalue weighted by atomic mass is 10.4. The monoisotopic (exact) mass is 169 g/mol. The minimum absolute atomic E-state index is 0.603. The summed E-state index contributed by atoms with van der Waals surface area (Å²) in [7, 11) is -0.778. The Morgan fingerprint density at radius 3 is 2.00 bits per heavy atom. The van der Waals surface area contributed by atoms with Crippen molar-refractivity contribution in [1.82, 2.24) is 4.98 Å². The van der Waals surface area contributed by atoms with Crippen LogP contribution in [-0.2, 0) is 0 Å². The lowest BCUT2D eigenvalue weighted by Gasteiger charge is -2.16. The topological polar surface area (TPSA) is 12.0 Å². The van der Waals surface area contributed by atoms with Crippen molar-refractivity contribution in [3.8, 4) is 0 Å².